The molecule has 29 heavy (non-hydrogen) atoms. The predicted molar refractivity (Wildman–Crippen MR) is 100 cm³/mol. The zero-order chi connectivity index (χ0) is 20.6. The Morgan fingerprint density at radius 3 is 2.34 bits per heavy atom. The maximum atomic E-state index is 13.6. The van der Waals surface area contributed by atoms with Crippen LogP contribution < -0.4 is 4.74 Å². The molecule has 4 nitrogen and oxygen atoms in total. The Bertz CT molecular complexity index is 891. The highest BCUT2D eigenvalue weighted by Crippen LogP contribution is 2.44. The van der Waals surface area contributed by atoms with Crippen LogP contribution in [0.1, 0.15) is 47.3 Å². The van der Waals surface area contributed by atoms with Crippen LogP contribution in [0.2, 0.25) is 0 Å². The lowest BCUT2D eigenvalue weighted by Crippen LogP contribution is -2.58. The van der Waals surface area contributed by atoms with Gasteiger partial charge in [0.05, 0.1) is 18.8 Å². The van der Waals surface area contributed by atoms with Gasteiger partial charge in [-0.1, -0.05) is 18.2 Å². The Hall–Kier alpha value is -2.38. The summed E-state index contributed by atoms with van der Waals surface area (Å²) in [5.41, 5.74) is 2.57. The van der Waals surface area contributed by atoms with Gasteiger partial charge in [0, 0.05) is 24.0 Å². The fourth-order valence-electron chi connectivity index (χ4n) is 4.73. The lowest BCUT2D eigenvalue weighted by Gasteiger charge is -2.45. The Kier molecular flexibility index (Phi) is 5.12. The molecule has 2 aromatic carbocycles. The van der Waals surface area contributed by atoms with Gasteiger partial charge in [-0.2, -0.15) is 0 Å². The molecule has 0 aliphatic carbocycles. The molecule has 0 N–H and O–H groups in total. The van der Waals surface area contributed by atoms with Crippen LogP contribution in [-0.4, -0.2) is 36.0 Å². The lowest BCUT2D eigenvalue weighted by molar-refractivity contribution is -0.913. The van der Waals surface area contributed by atoms with E-state index in [1.54, 1.807) is 12.1 Å². The smallest absolute Gasteiger partial charge is 0.406 e. The minimum Gasteiger partial charge on any atom is -0.406 e. The standard InChI is InChI=1S/C22H23F3NO3/c1-15(16-6-8-19(9-7-16)29-22(23,24)25)26(18-10-12-28-13-11-18)14-17-4-2-3-5-20(17)21(26)27/h2-9,15,18H,10-14H2,1H3/q+1. The maximum Gasteiger partial charge on any atom is 0.573 e. The Labute approximate surface area is 167 Å². The van der Waals surface area contributed by atoms with E-state index in [9.17, 15) is 18.0 Å². The van der Waals surface area contributed by atoms with Gasteiger partial charge in [-0.15, -0.1) is 13.2 Å². The lowest BCUT2D eigenvalue weighted by atomic mass is 9.96. The number of fused-ring (bicyclic) bond motifs is 1. The molecular weight excluding hydrogens is 383 g/mol. The van der Waals surface area contributed by atoms with Crippen molar-refractivity contribution < 1.29 is 31.9 Å². The highest BCUT2D eigenvalue weighted by atomic mass is 19.4. The molecule has 0 saturated carbocycles. The molecule has 2 aliphatic rings. The predicted octanol–water partition coefficient (Wildman–Crippen LogP) is 5.00. The summed E-state index contributed by atoms with van der Waals surface area (Å²) in [6, 6.07) is 13.4. The quantitative estimate of drug-likeness (QED) is 0.671. The van der Waals surface area contributed by atoms with Gasteiger partial charge in [0.2, 0.25) is 0 Å². The number of rotatable bonds is 4. The van der Waals surface area contributed by atoms with Crippen LogP contribution in [0.3, 0.4) is 0 Å². The summed E-state index contributed by atoms with van der Waals surface area (Å²) in [6.45, 7) is 3.79. The van der Waals surface area contributed by atoms with Crippen LogP contribution >= 0.6 is 0 Å². The van der Waals surface area contributed by atoms with Crippen molar-refractivity contribution in [3.8, 4) is 5.75 Å². The normalized spacial score (nSPS) is 23.7. The van der Waals surface area contributed by atoms with Crippen LogP contribution in [0.5, 0.6) is 5.75 Å². The van der Waals surface area contributed by atoms with Crippen molar-refractivity contribution >= 4 is 5.91 Å². The molecule has 0 radical (unpaired) electrons. The molecule has 2 atom stereocenters. The Morgan fingerprint density at radius 1 is 1.07 bits per heavy atom. The van der Waals surface area contributed by atoms with Crippen molar-refractivity contribution in [1.82, 2.24) is 0 Å². The van der Waals surface area contributed by atoms with Gasteiger partial charge >= 0.3 is 12.3 Å². The fourth-order valence-corrected chi connectivity index (χ4v) is 4.73. The van der Waals surface area contributed by atoms with Crippen molar-refractivity contribution in [2.24, 2.45) is 0 Å². The number of quaternary nitrogens is 1. The molecule has 7 heteroatoms. The van der Waals surface area contributed by atoms with Gasteiger partial charge in [0.25, 0.3) is 0 Å². The number of hydrogen-bond donors (Lipinski definition) is 0. The van der Waals surface area contributed by atoms with Crippen molar-refractivity contribution in [2.75, 3.05) is 13.2 Å². The third-order valence-corrected chi connectivity index (χ3v) is 6.19. The van der Waals surface area contributed by atoms with Gasteiger partial charge in [0.1, 0.15) is 24.4 Å². The van der Waals surface area contributed by atoms with Gasteiger partial charge in [-0.3, -0.25) is 0 Å². The van der Waals surface area contributed by atoms with Crippen molar-refractivity contribution in [3.63, 3.8) is 0 Å². The van der Waals surface area contributed by atoms with E-state index in [0.717, 1.165) is 29.5 Å². The number of hydrogen-bond acceptors (Lipinski definition) is 3. The average Bonchev–Trinajstić information content (AvgIpc) is 3.01. The van der Waals surface area contributed by atoms with Crippen LogP contribution in [0.4, 0.5) is 13.2 Å². The van der Waals surface area contributed by atoms with E-state index < -0.39 is 6.36 Å². The third kappa shape index (κ3) is 3.65. The van der Waals surface area contributed by atoms with E-state index in [1.807, 2.05) is 31.2 Å². The highest BCUT2D eigenvalue weighted by Gasteiger charge is 2.54. The van der Waals surface area contributed by atoms with Crippen molar-refractivity contribution in [3.05, 3.63) is 65.2 Å². The second kappa shape index (κ2) is 7.46. The maximum absolute atomic E-state index is 13.6. The van der Waals surface area contributed by atoms with E-state index in [0.29, 0.717) is 19.8 Å². The molecule has 2 aliphatic heterocycles. The summed E-state index contributed by atoms with van der Waals surface area (Å²) < 4.78 is 47.2. The van der Waals surface area contributed by atoms with E-state index in [2.05, 4.69) is 4.74 Å². The first-order valence-electron chi connectivity index (χ1n) is 9.75. The summed E-state index contributed by atoms with van der Waals surface area (Å²) in [4.78, 5) is 13.6. The molecule has 2 heterocycles. The first kappa shape index (κ1) is 19.9. The van der Waals surface area contributed by atoms with E-state index in [4.69, 9.17) is 4.74 Å². The minimum atomic E-state index is -4.73. The summed E-state index contributed by atoms with van der Waals surface area (Å²) in [5.74, 6) is -0.183. The topological polar surface area (TPSA) is 35.5 Å². The summed E-state index contributed by atoms with van der Waals surface area (Å²) in [6.07, 6.45) is -3.17. The minimum absolute atomic E-state index is 0.0793. The molecule has 0 spiro atoms. The summed E-state index contributed by atoms with van der Waals surface area (Å²) in [7, 11) is 0. The molecule has 1 fully saturated rings. The highest BCUT2D eigenvalue weighted by molar-refractivity contribution is 5.93. The van der Waals surface area contributed by atoms with Gasteiger partial charge < -0.3 is 9.47 Å². The zero-order valence-corrected chi connectivity index (χ0v) is 16.1. The van der Waals surface area contributed by atoms with E-state index in [-0.39, 0.29) is 28.2 Å². The summed E-state index contributed by atoms with van der Waals surface area (Å²) >= 11 is 0. The Balaban J connectivity index is 1.70. The second-order valence-electron chi connectivity index (χ2n) is 7.69. The van der Waals surface area contributed by atoms with Crippen LogP contribution in [0, 0.1) is 0 Å². The molecule has 154 valence electrons. The van der Waals surface area contributed by atoms with Crippen LogP contribution in [0.15, 0.2) is 48.5 Å². The molecule has 1 amide bonds. The third-order valence-electron chi connectivity index (χ3n) is 6.19. The number of ether oxygens (including phenoxy) is 2. The number of alkyl halides is 3. The van der Waals surface area contributed by atoms with Gasteiger partial charge in [-0.05, 0) is 37.3 Å². The number of carbonyl (C=O) groups excluding carboxylic acids is 1. The number of nitrogens with zero attached hydrogens (tertiary/aromatic N) is 1. The molecule has 4 rings (SSSR count). The molecule has 1 saturated heterocycles. The molecule has 2 unspecified atom stereocenters. The van der Waals surface area contributed by atoms with Gasteiger partial charge in [-0.25, -0.2) is 9.28 Å². The molecule has 2 aromatic rings. The van der Waals surface area contributed by atoms with Crippen molar-refractivity contribution in [1.29, 1.82) is 0 Å². The van der Waals surface area contributed by atoms with Gasteiger partial charge in [0.15, 0.2) is 0 Å². The first-order valence-corrected chi connectivity index (χ1v) is 9.75. The van der Waals surface area contributed by atoms with Crippen molar-refractivity contribution in [2.45, 2.75) is 44.8 Å². The largest absolute Gasteiger partial charge is 0.573 e. The molecule has 0 aromatic heterocycles. The number of carbonyl (C=O) groups is 1. The molecule has 0 bridgehead atoms. The molecular formula is C22H23F3NO3+. The second-order valence-corrected chi connectivity index (χ2v) is 7.69. The monoisotopic (exact) mass is 406 g/mol. The van der Waals surface area contributed by atoms with E-state index >= 15 is 0 Å². The fraction of sp³-hybridized carbons (Fsp3) is 0.409. The van der Waals surface area contributed by atoms with Crippen LogP contribution in [0.25, 0.3) is 0 Å². The number of amides is 1. The first-order chi connectivity index (χ1) is 13.8. The SMILES string of the molecule is CC(c1ccc(OC(F)(F)F)cc1)[N+]1(C2CCOCC2)Cc2ccccc2C1=O. The average molecular weight is 406 g/mol. The number of benzene rings is 2. The summed E-state index contributed by atoms with van der Waals surface area (Å²) in [5, 5.41) is 0. The zero-order valence-electron chi connectivity index (χ0n) is 16.1. The number of halogens is 3. The van der Waals surface area contributed by atoms with Crippen LogP contribution in [-0.2, 0) is 11.3 Å². The van der Waals surface area contributed by atoms with E-state index in [1.165, 1.54) is 12.1 Å². The Morgan fingerprint density at radius 2 is 1.72 bits per heavy atom.